The lowest BCUT2D eigenvalue weighted by Crippen LogP contribution is -1.77. The van der Waals surface area contributed by atoms with Crippen LogP contribution in [0.25, 0.3) is 0 Å². The Labute approximate surface area is 56.0 Å². The summed E-state index contributed by atoms with van der Waals surface area (Å²) >= 11 is 0. The first-order valence-electron chi connectivity index (χ1n) is 2.87. The van der Waals surface area contributed by atoms with Crippen molar-refractivity contribution in [2.24, 2.45) is 0 Å². The van der Waals surface area contributed by atoms with Crippen molar-refractivity contribution in [3.05, 3.63) is 36.1 Å². The van der Waals surface area contributed by atoms with Crippen LogP contribution in [-0.4, -0.2) is 5.11 Å². The topological polar surface area (TPSA) is 20.2 Å². The van der Waals surface area contributed by atoms with E-state index in [0.29, 0.717) is 0 Å². The molecule has 0 aliphatic heterocycles. The van der Waals surface area contributed by atoms with Crippen LogP contribution < -0.4 is 0 Å². The minimum Gasteiger partial charge on any atom is -0.508 e. The number of rotatable bonds is 2. The zero-order valence-electron chi connectivity index (χ0n) is 5.89. The highest BCUT2D eigenvalue weighted by atomic mass is 16.3. The highest BCUT2D eigenvalue weighted by Crippen LogP contribution is 2.01. The molecule has 0 bridgehead atoms. The van der Waals surface area contributed by atoms with Crippen LogP contribution >= 0.6 is 0 Å². The first-order valence-corrected chi connectivity index (χ1v) is 2.87. The highest BCUT2D eigenvalue weighted by molar-refractivity contribution is 5.24. The Balaban J connectivity index is 4.27. The second kappa shape index (κ2) is 3.96. The molecule has 9 heavy (non-hydrogen) atoms. The van der Waals surface area contributed by atoms with Crippen LogP contribution in [0.15, 0.2) is 36.1 Å². The summed E-state index contributed by atoms with van der Waals surface area (Å²) in [6.45, 7) is 7.17. The van der Waals surface area contributed by atoms with E-state index in [9.17, 15) is 0 Å². The Morgan fingerprint density at radius 1 is 1.56 bits per heavy atom. The third-order valence-electron chi connectivity index (χ3n) is 1.03. The molecule has 0 amide bonds. The van der Waals surface area contributed by atoms with E-state index in [2.05, 4.69) is 6.58 Å². The van der Waals surface area contributed by atoms with Crippen molar-refractivity contribution in [3.8, 4) is 0 Å². The van der Waals surface area contributed by atoms with E-state index in [4.69, 9.17) is 5.11 Å². The molecular weight excluding hydrogens is 112 g/mol. The van der Waals surface area contributed by atoms with E-state index in [-0.39, 0.29) is 5.76 Å². The Hall–Kier alpha value is -0.980. The van der Waals surface area contributed by atoms with Gasteiger partial charge in [0.15, 0.2) is 0 Å². The molecule has 0 aliphatic rings. The van der Waals surface area contributed by atoms with Crippen molar-refractivity contribution >= 4 is 0 Å². The van der Waals surface area contributed by atoms with E-state index in [1.807, 2.05) is 13.8 Å². The molecule has 0 unspecified atom stereocenters. The number of hydrogen-bond donors (Lipinski definition) is 1. The van der Waals surface area contributed by atoms with Gasteiger partial charge in [0, 0.05) is 0 Å². The summed E-state index contributed by atoms with van der Waals surface area (Å²) in [5.41, 5.74) is 0.799. The normalized spacial score (nSPS) is 13.6. The molecular formula is C8H12O. The van der Waals surface area contributed by atoms with E-state index >= 15 is 0 Å². The summed E-state index contributed by atoms with van der Waals surface area (Å²) in [7, 11) is 0. The molecule has 0 aromatic carbocycles. The largest absolute Gasteiger partial charge is 0.508 e. The van der Waals surface area contributed by atoms with Crippen molar-refractivity contribution in [2.75, 3.05) is 0 Å². The fraction of sp³-hybridized carbons (Fsp3) is 0.250. The number of aliphatic hydroxyl groups is 1. The van der Waals surface area contributed by atoms with E-state index < -0.39 is 0 Å². The molecule has 0 rings (SSSR count). The maximum Gasteiger partial charge on any atom is 0.118 e. The fourth-order valence-electron chi connectivity index (χ4n) is 0.394. The van der Waals surface area contributed by atoms with E-state index in [1.165, 1.54) is 0 Å². The molecule has 0 heterocycles. The molecule has 0 aliphatic carbocycles. The lowest BCUT2D eigenvalue weighted by Gasteiger charge is -1.92. The monoisotopic (exact) mass is 124 g/mol. The Morgan fingerprint density at radius 3 is 2.44 bits per heavy atom. The second-order valence-electron chi connectivity index (χ2n) is 1.77. The standard InChI is InChI=1S/C8H12O/c1-4-6-8(9)7(3)5-2/h4-6,9H,2H2,1,3H3/b6-4-,8-7+. The first-order chi connectivity index (χ1) is 4.22. The summed E-state index contributed by atoms with van der Waals surface area (Å²) in [6.07, 6.45) is 5.04. The number of allylic oxidation sites excluding steroid dienone is 4. The molecule has 1 N–H and O–H groups in total. The summed E-state index contributed by atoms with van der Waals surface area (Å²) in [4.78, 5) is 0. The molecule has 0 fully saturated rings. The predicted molar refractivity (Wildman–Crippen MR) is 40.3 cm³/mol. The fourth-order valence-corrected chi connectivity index (χ4v) is 0.394. The van der Waals surface area contributed by atoms with Gasteiger partial charge < -0.3 is 5.11 Å². The average molecular weight is 124 g/mol. The third kappa shape index (κ3) is 2.75. The van der Waals surface area contributed by atoms with E-state index in [0.717, 1.165) is 5.57 Å². The molecule has 0 spiro atoms. The summed E-state index contributed by atoms with van der Waals surface area (Å²) in [5.74, 6) is 0.285. The van der Waals surface area contributed by atoms with E-state index in [1.54, 1.807) is 18.2 Å². The van der Waals surface area contributed by atoms with Gasteiger partial charge in [0.05, 0.1) is 0 Å². The summed E-state index contributed by atoms with van der Waals surface area (Å²) in [5, 5.41) is 9.04. The SMILES string of the molecule is C=C/C(C)=C(O)\C=C/C. The minimum atomic E-state index is 0.285. The van der Waals surface area contributed by atoms with Gasteiger partial charge in [-0.2, -0.15) is 0 Å². The van der Waals surface area contributed by atoms with Gasteiger partial charge in [0.1, 0.15) is 5.76 Å². The zero-order chi connectivity index (χ0) is 7.28. The van der Waals surface area contributed by atoms with Crippen molar-refractivity contribution in [3.63, 3.8) is 0 Å². The lowest BCUT2D eigenvalue weighted by atomic mass is 10.2. The number of aliphatic hydroxyl groups excluding tert-OH is 1. The van der Waals surface area contributed by atoms with Crippen molar-refractivity contribution in [1.29, 1.82) is 0 Å². The van der Waals surface area contributed by atoms with Gasteiger partial charge in [0.25, 0.3) is 0 Å². The summed E-state index contributed by atoms with van der Waals surface area (Å²) in [6, 6.07) is 0. The van der Waals surface area contributed by atoms with Gasteiger partial charge in [-0.3, -0.25) is 0 Å². The average Bonchev–Trinajstić information content (AvgIpc) is 1.87. The molecule has 0 aromatic heterocycles. The highest BCUT2D eigenvalue weighted by Gasteiger charge is 1.87. The summed E-state index contributed by atoms with van der Waals surface area (Å²) < 4.78 is 0. The molecule has 50 valence electrons. The van der Waals surface area contributed by atoms with Gasteiger partial charge in [-0.1, -0.05) is 18.7 Å². The molecule has 0 radical (unpaired) electrons. The van der Waals surface area contributed by atoms with Gasteiger partial charge >= 0.3 is 0 Å². The van der Waals surface area contributed by atoms with Crippen LogP contribution in [0.3, 0.4) is 0 Å². The van der Waals surface area contributed by atoms with Crippen LogP contribution in [0.4, 0.5) is 0 Å². The Morgan fingerprint density at radius 2 is 2.11 bits per heavy atom. The minimum absolute atomic E-state index is 0.285. The van der Waals surface area contributed by atoms with Crippen molar-refractivity contribution in [2.45, 2.75) is 13.8 Å². The predicted octanol–water partition coefficient (Wildman–Crippen LogP) is 2.58. The van der Waals surface area contributed by atoms with Gasteiger partial charge in [-0.05, 0) is 25.5 Å². The van der Waals surface area contributed by atoms with Crippen LogP contribution in [0, 0.1) is 0 Å². The van der Waals surface area contributed by atoms with Crippen molar-refractivity contribution in [1.82, 2.24) is 0 Å². The molecule has 0 saturated heterocycles. The van der Waals surface area contributed by atoms with Crippen LogP contribution in [0.2, 0.25) is 0 Å². The maximum atomic E-state index is 9.04. The third-order valence-corrected chi connectivity index (χ3v) is 1.03. The second-order valence-corrected chi connectivity index (χ2v) is 1.77. The lowest BCUT2D eigenvalue weighted by molar-refractivity contribution is 0.427. The Bertz CT molecular complexity index is 152. The maximum absolute atomic E-state index is 9.04. The van der Waals surface area contributed by atoms with Crippen LogP contribution in [-0.2, 0) is 0 Å². The van der Waals surface area contributed by atoms with Crippen LogP contribution in [0.1, 0.15) is 13.8 Å². The smallest absolute Gasteiger partial charge is 0.118 e. The van der Waals surface area contributed by atoms with Crippen LogP contribution in [0.5, 0.6) is 0 Å². The molecule has 0 aromatic rings. The first kappa shape index (κ1) is 8.02. The van der Waals surface area contributed by atoms with Crippen molar-refractivity contribution < 1.29 is 5.11 Å². The van der Waals surface area contributed by atoms with Gasteiger partial charge in [-0.25, -0.2) is 0 Å². The molecule has 0 saturated carbocycles. The number of hydrogen-bond acceptors (Lipinski definition) is 1. The molecule has 1 heteroatoms. The van der Waals surface area contributed by atoms with Gasteiger partial charge in [-0.15, -0.1) is 0 Å². The zero-order valence-corrected chi connectivity index (χ0v) is 5.89. The molecule has 0 atom stereocenters. The quantitative estimate of drug-likeness (QED) is 0.443. The molecule has 1 nitrogen and oxygen atoms in total. The van der Waals surface area contributed by atoms with Gasteiger partial charge in [0.2, 0.25) is 0 Å². The Kier molecular flexibility index (Phi) is 3.52.